The second kappa shape index (κ2) is 4.92. The summed E-state index contributed by atoms with van der Waals surface area (Å²) in [7, 11) is 0. The zero-order valence-electron chi connectivity index (χ0n) is 12.6. The van der Waals surface area contributed by atoms with E-state index in [0.717, 1.165) is 28.9 Å². The highest BCUT2D eigenvalue weighted by Gasteiger charge is 2.30. The summed E-state index contributed by atoms with van der Waals surface area (Å²) in [5, 5.41) is 0. The number of nitrogens with zero attached hydrogens (tertiary/aromatic N) is 1. The average molecular weight is 281 g/mol. The van der Waals surface area contributed by atoms with Crippen LogP contribution >= 0.6 is 0 Å². The maximum Gasteiger partial charge on any atom is 0.419 e. The molecule has 0 atom stereocenters. The van der Waals surface area contributed by atoms with Crippen molar-refractivity contribution in [3.05, 3.63) is 59.7 Å². The number of benzene rings is 2. The second-order valence-corrected chi connectivity index (χ2v) is 6.25. The number of hydrogen-bond donors (Lipinski definition) is 0. The summed E-state index contributed by atoms with van der Waals surface area (Å²) in [6.07, 6.45) is 0.508. The first kappa shape index (κ1) is 13.7. The molecule has 3 heteroatoms. The second-order valence-electron chi connectivity index (χ2n) is 6.25. The Morgan fingerprint density at radius 3 is 1.90 bits per heavy atom. The van der Waals surface area contributed by atoms with Crippen molar-refractivity contribution in [2.24, 2.45) is 0 Å². The van der Waals surface area contributed by atoms with Crippen LogP contribution in [0.4, 0.5) is 16.2 Å². The lowest BCUT2D eigenvalue weighted by Gasteiger charge is -2.33. The van der Waals surface area contributed by atoms with Crippen LogP contribution in [0.1, 0.15) is 31.9 Å². The van der Waals surface area contributed by atoms with Crippen LogP contribution < -0.4 is 4.90 Å². The Bertz CT molecular complexity index is 640. The van der Waals surface area contributed by atoms with Crippen LogP contribution in [0.25, 0.3) is 0 Å². The molecule has 1 aliphatic heterocycles. The van der Waals surface area contributed by atoms with Crippen LogP contribution in [0.15, 0.2) is 48.5 Å². The standard InChI is InChI=1S/C18H19NO2/c1-18(2,3)21-17(20)19-15-10-6-4-8-13(15)12-14-9-5-7-11-16(14)19/h4-11H,12H2,1-3H3. The molecule has 0 aliphatic carbocycles. The van der Waals surface area contributed by atoms with Crippen molar-refractivity contribution in [1.29, 1.82) is 0 Å². The van der Waals surface area contributed by atoms with Crippen molar-refractivity contribution in [1.82, 2.24) is 0 Å². The van der Waals surface area contributed by atoms with Crippen molar-refractivity contribution in [2.45, 2.75) is 32.8 Å². The Kier molecular flexibility index (Phi) is 3.20. The third kappa shape index (κ3) is 2.64. The van der Waals surface area contributed by atoms with Crippen LogP contribution in [0.5, 0.6) is 0 Å². The molecule has 108 valence electrons. The summed E-state index contributed by atoms with van der Waals surface area (Å²) in [5.41, 5.74) is 3.58. The molecule has 2 aromatic rings. The Morgan fingerprint density at radius 2 is 1.43 bits per heavy atom. The zero-order valence-corrected chi connectivity index (χ0v) is 12.6. The quantitative estimate of drug-likeness (QED) is 0.702. The van der Waals surface area contributed by atoms with Crippen LogP contribution in [0.2, 0.25) is 0 Å². The van der Waals surface area contributed by atoms with Crippen molar-refractivity contribution in [2.75, 3.05) is 4.90 Å². The van der Waals surface area contributed by atoms with E-state index in [9.17, 15) is 4.79 Å². The van der Waals surface area contributed by atoms with Gasteiger partial charge in [0.25, 0.3) is 0 Å². The Hall–Kier alpha value is -2.29. The molecule has 1 aliphatic rings. The lowest BCUT2D eigenvalue weighted by molar-refractivity contribution is 0.0598. The third-order valence-corrected chi connectivity index (χ3v) is 3.42. The van der Waals surface area contributed by atoms with Crippen molar-refractivity contribution >= 4 is 17.5 Å². The fourth-order valence-electron chi connectivity index (χ4n) is 2.60. The first-order valence-corrected chi connectivity index (χ1v) is 7.15. The van der Waals surface area contributed by atoms with E-state index in [-0.39, 0.29) is 6.09 Å². The van der Waals surface area contributed by atoms with Gasteiger partial charge in [0.15, 0.2) is 0 Å². The Morgan fingerprint density at radius 1 is 0.952 bits per heavy atom. The van der Waals surface area contributed by atoms with E-state index in [1.165, 1.54) is 0 Å². The van der Waals surface area contributed by atoms with Crippen LogP contribution in [0.3, 0.4) is 0 Å². The number of para-hydroxylation sites is 2. The highest BCUT2D eigenvalue weighted by molar-refractivity contribution is 5.99. The summed E-state index contributed by atoms with van der Waals surface area (Å²) in [5.74, 6) is 0. The van der Waals surface area contributed by atoms with E-state index in [4.69, 9.17) is 4.74 Å². The molecule has 0 saturated heterocycles. The minimum atomic E-state index is -0.515. The number of ether oxygens (including phenoxy) is 1. The van der Waals surface area contributed by atoms with Gasteiger partial charge in [-0.2, -0.15) is 0 Å². The van der Waals surface area contributed by atoms with Gasteiger partial charge in [-0.15, -0.1) is 0 Å². The lowest BCUT2D eigenvalue weighted by Crippen LogP contribution is -2.36. The van der Waals surface area contributed by atoms with Gasteiger partial charge in [-0.1, -0.05) is 36.4 Å². The average Bonchev–Trinajstić information content (AvgIpc) is 2.42. The van der Waals surface area contributed by atoms with E-state index in [0.29, 0.717) is 0 Å². The van der Waals surface area contributed by atoms with Gasteiger partial charge < -0.3 is 4.74 Å². The monoisotopic (exact) mass is 281 g/mol. The van der Waals surface area contributed by atoms with E-state index in [1.54, 1.807) is 4.90 Å². The third-order valence-electron chi connectivity index (χ3n) is 3.42. The van der Waals surface area contributed by atoms with Gasteiger partial charge in [0, 0.05) is 6.42 Å². The fourth-order valence-corrected chi connectivity index (χ4v) is 2.60. The minimum absolute atomic E-state index is 0.331. The molecule has 0 N–H and O–H groups in total. The van der Waals surface area contributed by atoms with Gasteiger partial charge in [0.1, 0.15) is 5.60 Å². The van der Waals surface area contributed by atoms with Crippen LogP contribution in [0, 0.1) is 0 Å². The number of carbonyl (C=O) groups is 1. The minimum Gasteiger partial charge on any atom is -0.443 e. The number of rotatable bonds is 0. The smallest absolute Gasteiger partial charge is 0.419 e. The zero-order chi connectivity index (χ0) is 15.0. The summed E-state index contributed by atoms with van der Waals surface area (Å²) in [6, 6.07) is 15.9. The molecule has 0 spiro atoms. The molecule has 3 nitrogen and oxygen atoms in total. The van der Waals surface area contributed by atoms with Gasteiger partial charge in [-0.3, -0.25) is 0 Å². The maximum atomic E-state index is 12.6. The molecule has 0 fully saturated rings. The molecule has 0 radical (unpaired) electrons. The maximum absolute atomic E-state index is 12.6. The molecule has 1 amide bonds. The predicted molar refractivity (Wildman–Crippen MR) is 84.1 cm³/mol. The van der Waals surface area contributed by atoms with Gasteiger partial charge in [-0.05, 0) is 44.0 Å². The summed E-state index contributed by atoms with van der Waals surface area (Å²) in [6.45, 7) is 5.64. The van der Waals surface area contributed by atoms with E-state index >= 15 is 0 Å². The molecule has 21 heavy (non-hydrogen) atoms. The largest absolute Gasteiger partial charge is 0.443 e. The lowest BCUT2D eigenvalue weighted by atomic mass is 9.96. The molecule has 0 bridgehead atoms. The van der Waals surface area contributed by atoms with Crippen molar-refractivity contribution in [3.8, 4) is 0 Å². The first-order valence-electron chi connectivity index (χ1n) is 7.15. The van der Waals surface area contributed by atoms with Crippen molar-refractivity contribution < 1.29 is 9.53 Å². The molecule has 2 aromatic carbocycles. The Balaban J connectivity index is 2.09. The fraction of sp³-hybridized carbons (Fsp3) is 0.278. The molecule has 0 aromatic heterocycles. The van der Waals surface area contributed by atoms with E-state index < -0.39 is 5.60 Å². The van der Waals surface area contributed by atoms with Gasteiger partial charge in [-0.25, -0.2) is 9.69 Å². The van der Waals surface area contributed by atoms with E-state index in [1.807, 2.05) is 57.2 Å². The number of anilines is 2. The number of hydrogen-bond acceptors (Lipinski definition) is 2. The van der Waals surface area contributed by atoms with E-state index in [2.05, 4.69) is 12.1 Å². The number of carbonyl (C=O) groups excluding carboxylic acids is 1. The molecular weight excluding hydrogens is 262 g/mol. The predicted octanol–water partition coefficient (Wildman–Crippen LogP) is 4.66. The highest BCUT2D eigenvalue weighted by atomic mass is 16.6. The summed E-state index contributed by atoms with van der Waals surface area (Å²) in [4.78, 5) is 14.3. The number of amides is 1. The van der Waals surface area contributed by atoms with Crippen LogP contribution in [-0.2, 0) is 11.2 Å². The molecule has 3 rings (SSSR count). The summed E-state index contributed by atoms with van der Waals surface area (Å²) < 4.78 is 5.58. The van der Waals surface area contributed by atoms with Crippen LogP contribution in [-0.4, -0.2) is 11.7 Å². The molecular formula is C18H19NO2. The first-order chi connectivity index (χ1) is 9.96. The SMILES string of the molecule is CC(C)(C)OC(=O)N1c2ccccc2Cc2ccccc21. The normalized spacial score (nSPS) is 13.4. The Labute approximate surface area is 125 Å². The molecule has 0 saturated carbocycles. The topological polar surface area (TPSA) is 29.5 Å². The highest BCUT2D eigenvalue weighted by Crippen LogP contribution is 2.39. The van der Waals surface area contributed by atoms with Crippen molar-refractivity contribution in [3.63, 3.8) is 0 Å². The van der Waals surface area contributed by atoms with Gasteiger partial charge >= 0.3 is 6.09 Å². The molecule has 0 unspecified atom stereocenters. The van der Waals surface area contributed by atoms with Gasteiger partial charge in [0.05, 0.1) is 11.4 Å². The number of fused-ring (bicyclic) bond motifs is 2. The molecule has 1 heterocycles. The summed E-state index contributed by atoms with van der Waals surface area (Å²) >= 11 is 0. The van der Waals surface area contributed by atoms with Gasteiger partial charge in [0.2, 0.25) is 0 Å².